The number of hydroxylamine groups is 1. The minimum absolute atomic E-state index is 0.0508. The molecule has 4 saturated carbocycles. The van der Waals surface area contributed by atoms with Gasteiger partial charge in [-0.25, -0.2) is 18.9 Å². The topological polar surface area (TPSA) is 137 Å². The van der Waals surface area contributed by atoms with Crippen LogP contribution < -0.4 is 16.5 Å². The van der Waals surface area contributed by atoms with Crippen LogP contribution in [0.15, 0.2) is 34.2 Å². The number of carbonyl (C=O) groups excluding carboxylic acids is 1. The SMILES string of the molecule is C[C@]12CC3CC(N=C(N)Nc4ccc(S(=O)(=O)N5CCC[C@H](C(=O)NO)C5)cc4)(C1)C[C@@](C)(C3)C2. The van der Waals surface area contributed by atoms with Crippen LogP contribution in [0.25, 0.3) is 0 Å². The van der Waals surface area contributed by atoms with E-state index in [0.717, 1.165) is 25.2 Å². The van der Waals surface area contributed by atoms with Crippen LogP contribution in [0, 0.1) is 22.7 Å². The lowest BCUT2D eigenvalue weighted by atomic mass is 9.43. The third-order valence-corrected chi connectivity index (χ3v) is 10.5. The molecule has 1 amide bonds. The van der Waals surface area contributed by atoms with Crippen LogP contribution in [-0.4, -0.2) is 48.4 Å². The van der Waals surface area contributed by atoms with Crippen LogP contribution in [0.3, 0.4) is 0 Å². The Balaban J connectivity index is 1.28. The van der Waals surface area contributed by atoms with Crippen LogP contribution in [0.1, 0.15) is 65.2 Å². The number of carbonyl (C=O) groups is 1. The molecular formula is C25H37N5O4S. The summed E-state index contributed by atoms with van der Waals surface area (Å²) in [7, 11) is -3.75. The van der Waals surface area contributed by atoms with Crippen molar-refractivity contribution >= 4 is 27.6 Å². The van der Waals surface area contributed by atoms with E-state index < -0.39 is 21.8 Å². The lowest BCUT2D eigenvalue weighted by molar-refractivity contribution is -0.134. The molecule has 35 heavy (non-hydrogen) atoms. The second-order valence-electron chi connectivity index (χ2n) is 12.2. The lowest BCUT2D eigenvalue weighted by Crippen LogP contribution is -2.58. The molecule has 1 aliphatic heterocycles. The standard InChI is InChI=1S/C25H37N5O4S/c1-23-10-17-11-24(2,14-23)16-25(12-17,15-23)28-22(26)27-19-5-7-20(8-6-19)35(33,34)30-9-3-4-18(13-30)21(31)29-32/h5-8,17-18,32H,3-4,9-16H2,1-2H3,(H,29,31)(H3,26,27,28)/t17?,18-,23-,24+,25?/m0/s1. The summed E-state index contributed by atoms with van der Waals surface area (Å²) >= 11 is 0. The fourth-order valence-electron chi connectivity index (χ4n) is 8.27. The van der Waals surface area contributed by atoms with Crippen molar-refractivity contribution in [3.05, 3.63) is 24.3 Å². The predicted molar refractivity (Wildman–Crippen MR) is 133 cm³/mol. The molecule has 4 bridgehead atoms. The molecule has 1 aromatic rings. The molecule has 5 fully saturated rings. The zero-order chi connectivity index (χ0) is 25.1. The van der Waals surface area contributed by atoms with E-state index in [9.17, 15) is 13.2 Å². The Morgan fingerprint density at radius 1 is 1.11 bits per heavy atom. The molecule has 9 nitrogen and oxygen atoms in total. The van der Waals surface area contributed by atoms with Crippen LogP contribution in [0.2, 0.25) is 0 Å². The first kappa shape index (κ1) is 24.5. The van der Waals surface area contributed by atoms with Crippen molar-refractivity contribution in [3.8, 4) is 0 Å². The normalized spacial score (nSPS) is 37.3. The smallest absolute Gasteiger partial charge is 0.247 e. The summed E-state index contributed by atoms with van der Waals surface area (Å²) in [6.45, 7) is 5.21. The number of guanidine groups is 1. The first-order valence-electron chi connectivity index (χ1n) is 12.6. The summed E-state index contributed by atoms with van der Waals surface area (Å²) in [5.41, 5.74) is 9.27. The van der Waals surface area contributed by atoms with Gasteiger partial charge in [0.25, 0.3) is 0 Å². The van der Waals surface area contributed by atoms with Crippen LogP contribution >= 0.6 is 0 Å². The van der Waals surface area contributed by atoms with Crippen LogP contribution in [0.5, 0.6) is 0 Å². The van der Waals surface area contributed by atoms with E-state index in [1.54, 1.807) is 29.7 Å². The third-order valence-electron chi connectivity index (χ3n) is 8.58. The maximum absolute atomic E-state index is 13.1. The first-order valence-corrected chi connectivity index (χ1v) is 14.0. The molecule has 6 rings (SSSR count). The molecule has 5 N–H and O–H groups in total. The quantitative estimate of drug-likeness (QED) is 0.211. The fraction of sp³-hybridized carbons (Fsp3) is 0.680. The lowest BCUT2D eigenvalue weighted by Gasteiger charge is -2.64. The van der Waals surface area contributed by atoms with Gasteiger partial charge in [-0.05, 0) is 92.4 Å². The van der Waals surface area contributed by atoms with Crippen molar-refractivity contribution in [2.24, 2.45) is 33.4 Å². The maximum atomic E-state index is 13.1. The molecular weight excluding hydrogens is 466 g/mol. The number of hydrogen-bond donors (Lipinski definition) is 4. The molecule has 10 heteroatoms. The summed E-state index contributed by atoms with van der Waals surface area (Å²) in [6, 6.07) is 6.49. The maximum Gasteiger partial charge on any atom is 0.247 e. The number of sulfonamides is 1. The molecule has 192 valence electrons. The summed E-state index contributed by atoms with van der Waals surface area (Å²) < 4.78 is 27.5. The van der Waals surface area contributed by atoms with E-state index in [1.807, 2.05) is 0 Å². The van der Waals surface area contributed by atoms with E-state index in [1.165, 1.54) is 23.6 Å². The van der Waals surface area contributed by atoms with Crippen molar-refractivity contribution in [2.75, 3.05) is 18.4 Å². The van der Waals surface area contributed by atoms with Crippen LogP contribution in [-0.2, 0) is 14.8 Å². The molecule has 2 unspecified atom stereocenters. The van der Waals surface area contributed by atoms with Crippen molar-refractivity contribution in [2.45, 2.75) is 75.6 Å². The fourth-order valence-corrected chi connectivity index (χ4v) is 9.79. The molecule has 0 radical (unpaired) electrons. The molecule has 4 aliphatic carbocycles. The third kappa shape index (κ3) is 4.68. The second kappa shape index (κ2) is 8.45. The van der Waals surface area contributed by atoms with E-state index in [-0.39, 0.29) is 17.0 Å². The van der Waals surface area contributed by atoms with Crippen molar-refractivity contribution in [1.29, 1.82) is 0 Å². The Morgan fingerprint density at radius 2 is 1.77 bits per heavy atom. The summed E-state index contributed by atoms with van der Waals surface area (Å²) in [5.74, 6) is -0.0143. The number of nitrogens with one attached hydrogen (secondary N) is 2. The molecule has 5 aliphatic rings. The minimum atomic E-state index is -3.75. The summed E-state index contributed by atoms with van der Waals surface area (Å²) in [6.07, 6.45) is 8.23. The van der Waals surface area contributed by atoms with E-state index in [2.05, 4.69) is 19.2 Å². The van der Waals surface area contributed by atoms with Gasteiger partial charge in [0.1, 0.15) is 0 Å². The van der Waals surface area contributed by atoms with E-state index >= 15 is 0 Å². The zero-order valence-corrected chi connectivity index (χ0v) is 21.4. The number of piperidine rings is 1. The number of hydrogen-bond acceptors (Lipinski definition) is 5. The number of rotatable bonds is 5. The Labute approximate surface area is 207 Å². The second-order valence-corrected chi connectivity index (χ2v) is 14.1. The van der Waals surface area contributed by atoms with Gasteiger partial charge in [-0.2, -0.15) is 4.31 Å². The molecule has 1 aromatic carbocycles. The van der Waals surface area contributed by atoms with Gasteiger partial charge in [0.2, 0.25) is 15.9 Å². The number of anilines is 1. The average Bonchev–Trinajstić information content (AvgIpc) is 2.76. The number of nitrogens with two attached hydrogens (primary N) is 1. The highest BCUT2D eigenvalue weighted by Gasteiger charge is 2.60. The Bertz CT molecular complexity index is 1120. The number of amides is 1. The molecule has 0 spiro atoms. The Kier molecular flexibility index (Phi) is 5.92. The predicted octanol–water partition coefficient (Wildman–Crippen LogP) is 3.07. The monoisotopic (exact) mass is 503 g/mol. The van der Waals surface area contributed by atoms with Crippen molar-refractivity contribution in [3.63, 3.8) is 0 Å². The van der Waals surface area contributed by atoms with Gasteiger partial charge < -0.3 is 11.1 Å². The highest BCUT2D eigenvalue weighted by atomic mass is 32.2. The van der Waals surface area contributed by atoms with Gasteiger partial charge in [0.15, 0.2) is 5.96 Å². The minimum Gasteiger partial charge on any atom is -0.370 e. The van der Waals surface area contributed by atoms with Gasteiger partial charge in [0.05, 0.1) is 16.4 Å². The molecule has 0 aromatic heterocycles. The molecule has 5 atom stereocenters. The highest BCUT2D eigenvalue weighted by Crippen LogP contribution is 2.67. The van der Waals surface area contributed by atoms with Gasteiger partial charge in [-0.3, -0.25) is 10.0 Å². The first-order chi connectivity index (χ1) is 16.4. The number of benzene rings is 1. The zero-order valence-electron chi connectivity index (χ0n) is 20.6. The van der Waals surface area contributed by atoms with Crippen LogP contribution in [0.4, 0.5) is 5.69 Å². The summed E-state index contributed by atoms with van der Waals surface area (Å²) in [5, 5.41) is 12.1. The van der Waals surface area contributed by atoms with Crippen molar-refractivity contribution < 1.29 is 18.4 Å². The molecule has 1 saturated heterocycles. The molecule has 1 heterocycles. The summed E-state index contributed by atoms with van der Waals surface area (Å²) in [4.78, 5) is 17.0. The van der Waals surface area contributed by atoms with E-state index in [0.29, 0.717) is 41.9 Å². The number of nitrogens with zero attached hydrogens (tertiary/aromatic N) is 2. The average molecular weight is 504 g/mol. The van der Waals surface area contributed by atoms with Gasteiger partial charge in [-0.15, -0.1) is 0 Å². The Morgan fingerprint density at radius 3 is 2.37 bits per heavy atom. The largest absolute Gasteiger partial charge is 0.370 e. The van der Waals surface area contributed by atoms with Gasteiger partial charge in [0, 0.05) is 18.8 Å². The van der Waals surface area contributed by atoms with Gasteiger partial charge in [-0.1, -0.05) is 13.8 Å². The highest BCUT2D eigenvalue weighted by molar-refractivity contribution is 7.89. The van der Waals surface area contributed by atoms with Gasteiger partial charge >= 0.3 is 0 Å². The number of aliphatic imine (C=N–C) groups is 1. The van der Waals surface area contributed by atoms with E-state index in [4.69, 9.17) is 15.9 Å². The Hall–Kier alpha value is -2.17. The van der Waals surface area contributed by atoms with Crippen molar-refractivity contribution in [1.82, 2.24) is 9.79 Å².